The van der Waals surface area contributed by atoms with Crippen LogP contribution >= 0.6 is 37.9 Å². The predicted octanol–water partition coefficient (Wildman–Crippen LogP) is 2.25. The fourth-order valence-corrected chi connectivity index (χ4v) is 2.08. The van der Waals surface area contributed by atoms with Crippen LogP contribution in [0.4, 0.5) is 0 Å². The second kappa shape index (κ2) is 3.64. The predicted molar refractivity (Wildman–Crippen MR) is 55.2 cm³/mol. The average molecular weight is 218 g/mol. The number of aromatic carboxylic acids is 1. The Balaban J connectivity index is 3.38. The molecule has 0 atom stereocenters. The van der Waals surface area contributed by atoms with E-state index < -0.39 is 5.97 Å². The van der Waals surface area contributed by atoms with E-state index in [4.69, 9.17) is 5.11 Å². The number of hydrogen-bond acceptors (Lipinski definition) is 4. The molecule has 1 N–H and O–H groups in total. The van der Waals surface area contributed by atoms with Crippen LogP contribution in [-0.4, -0.2) is 11.1 Å². The minimum atomic E-state index is -1.03. The largest absolute Gasteiger partial charge is 0.478 e. The van der Waals surface area contributed by atoms with E-state index in [-0.39, 0.29) is 5.56 Å². The Bertz CT molecular complexity index is 312. The average Bonchev–Trinajstić information content (AvgIpc) is 1.82. The Labute approximate surface area is 86.2 Å². The molecule has 1 aromatic carbocycles. The third-order valence-electron chi connectivity index (χ3n) is 1.30. The standard InChI is InChI=1S/C7H6O2S3/c8-7(9)6-4(11)1-3(10)2-5(6)12/h1-2,10-12H,(H,8,9). The van der Waals surface area contributed by atoms with Gasteiger partial charge in [0.1, 0.15) is 0 Å². The Kier molecular flexibility index (Phi) is 2.98. The molecule has 1 rings (SSSR count). The highest BCUT2D eigenvalue weighted by Crippen LogP contribution is 2.25. The second-order valence-electron chi connectivity index (χ2n) is 2.16. The molecule has 0 unspecified atom stereocenters. The Morgan fingerprint density at radius 3 is 1.92 bits per heavy atom. The molecule has 0 saturated heterocycles. The van der Waals surface area contributed by atoms with Crippen molar-refractivity contribution in [3.8, 4) is 0 Å². The molecule has 0 amide bonds. The maximum atomic E-state index is 10.6. The molecule has 0 bridgehead atoms. The summed E-state index contributed by atoms with van der Waals surface area (Å²) in [6, 6.07) is 3.13. The van der Waals surface area contributed by atoms with E-state index in [0.29, 0.717) is 14.7 Å². The summed E-state index contributed by atoms with van der Waals surface area (Å²) in [5, 5.41) is 8.71. The summed E-state index contributed by atoms with van der Waals surface area (Å²) < 4.78 is 0. The van der Waals surface area contributed by atoms with Crippen molar-refractivity contribution in [3.63, 3.8) is 0 Å². The summed E-state index contributed by atoms with van der Waals surface area (Å²) in [5.74, 6) is -1.03. The van der Waals surface area contributed by atoms with Crippen molar-refractivity contribution in [1.29, 1.82) is 0 Å². The van der Waals surface area contributed by atoms with Crippen molar-refractivity contribution in [2.24, 2.45) is 0 Å². The van der Waals surface area contributed by atoms with Crippen LogP contribution in [0, 0.1) is 0 Å². The van der Waals surface area contributed by atoms with E-state index in [9.17, 15) is 4.79 Å². The van der Waals surface area contributed by atoms with Crippen molar-refractivity contribution in [3.05, 3.63) is 17.7 Å². The van der Waals surface area contributed by atoms with Crippen LogP contribution in [0.2, 0.25) is 0 Å². The minimum absolute atomic E-state index is 0.111. The number of benzene rings is 1. The lowest BCUT2D eigenvalue weighted by atomic mass is 10.2. The van der Waals surface area contributed by atoms with Crippen molar-refractivity contribution < 1.29 is 9.90 Å². The number of carbonyl (C=O) groups is 1. The lowest BCUT2D eigenvalue weighted by molar-refractivity contribution is 0.0689. The molecule has 0 saturated carbocycles. The Morgan fingerprint density at radius 2 is 1.58 bits per heavy atom. The molecule has 12 heavy (non-hydrogen) atoms. The van der Waals surface area contributed by atoms with E-state index in [2.05, 4.69) is 37.9 Å². The normalized spacial score (nSPS) is 9.92. The summed E-state index contributed by atoms with van der Waals surface area (Å²) >= 11 is 12.0. The fourth-order valence-electron chi connectivity index (χ4n) is 0.816. The highest BCUT2D eigenvalue weighted by atomic mass is 32.1. The Morgan fingerprint density at radius 1 is 1.17 bits per heavy atom. The first-order chi connectivity index (χ1) is 5.52. The monoisotopic (exact) mass is 218 g/mol. The topological polar surface area (TPSA) is 37.3 Å². The molecule has 0 aliphatic rings. The van der Waals surface area contributed by atoms with Gasteiger partial charge in [0, 0.05) is 14.7 Å². The lowest BCUT2D eigenvalue weighted by Crippen LogP contribution is -1.99. The SMILES string of the molecule is O=C(O)c1c(S)cc(S)cc1S. The van der Waals surface area contributed by atoms with Crippen LogP contribution < -0.4 is 0 Å². The number of thiol groups is 3. The van der Waals surface area contributed by atoms with Crippen LogP contribution in [0.1, 0.15) is 10.4 Å². The van der Waals surface area contributed by atoms with Gasteiger partial charge in [-0.25, -0.2) is 4.79 Å². The van der Waals surface area contributed by atoms with E-state index in [1.165, 1.54) is 0 Å². The summed E-state index contributed by atoms with van der Waals surface area (Å²) in [6.07, 6.45) is 0. The molecule has 5 heteroatoms. The lowest BCUT2D eigenvalue weighted by Gasteiger charge is -2.03. The van der Waals surface area contributed by atoms with Gasteiger partial charge in [-0.15, -0.1) is 37.9 Å². The van der Waals surface area contributed by atoms with E-state index >= 15 is 0 Å². The van der Waals surface area contributed by atoms with Crippen LogP contribution in [0.5, 0.6) is 0 Å². The first-order valence-corrected chi connectivity index (χ1v) is 4.34. The molecule has 2 nitrogen and oxygen atoms in total. The molecular weight excluding hydrogens is 212 g/mol. The van der Waals surface area contributed by atoms with Gasteiger partial charge in [0.05, 0.1) is 5.56 Å². The van der Waals surface area contributed by atoms with Gasteiger partial charge in [0.25, 0.3) is 0 Å². The van der Waals surface area contributed by atoms with Gasteiger partial charge in [-0.2, -0.15) is 0 Å². The molecule has 0 aliphatic carbocycles. The number of carboxylic acid groups (broad SMARTS) is 1. The van der Waals surface area contributed by atoms with Crippen molar-refractivity contribution in [1.82, 2.24) is 0 Å². The second-order valence-corrected chi connectivity index (χ2v) is 3.64. The van der Waals surface area contributed by atoms with Gasteiger partial charge in [0.15, 0.2) is 0 Å². The van der Waals surface area contributed by atoms with Gasteiger partial charge in [0.2, 0.25) is 0 Å². The van der Waals surface area contributed by atoms with Crippen LogP contribution in [0.3, 0.4) is 0 Å². The fraction of sp³-hybridized carbons (Fsp3) is 0. The molecule has 0 aliphatic heterocycles. The maximum absolute atomic E-state index is 10.6. The first-order valence-electron chi connectivity index (χ1n) is 3.00. The van der Waals surface area contributed by atoms with Gasteiger partial charge in [-0.3, -0.25) is 0 Å². The summed E-state index contributed by atoms with van der Waals surface area (Å²) in [6.45, 7) is 0. The summed E-state index contributed by atoms with van der Waals surface area (Å²) in [7, 11) is 0. The third kappa shape index (κ3) is 1.91. The molecular formula is C7H6O2S3. The first kappa shape index (κ1) is 9.83. The van der Waals surface area contributed by atoms with Crippen molar-refractivity contribution in [2.75, 3.05) is 0 Å². The highest BCUT2D eigenvalue weighted by Gasteiger charge is 2.11. The zero-order valence-corrected chi connectivity index (χ0v) is 8.54. The van der Waals surface area contributed by atoms with Gasteiger partial charge in [-0.05, 0) is 12.1 Å². The Hall–Kier alpha value is -0.260. The van der Waals surface area contributed by atoms with Gasteiger partial charge >= 0.3 is 5.97 Å². The van der Waals surface area contributed by atoms with E-state index in [1.807, 2.05) is 0 Å². The van der Waals surface area contributed by atoms with Crippen LogP contribution in [-0.2, 0) is 0 Å². The molecule has 0 heterocycles. The molecule has 0 spiro atoms. The zero-order valence-electron chi connectivity index (χ0n) is 5.85. The minimum Gasteiger partial charge on any atom is -0.478 e. The van der Waals surface area contributed by atoms with Crippen LogP contribution in [0.25, 0.3) is 0 Å². The molecule has 64 valence electrons. The smallest absolute Gasteiger partial charge is 0.337 e. The zero-order chi connectivity index (χ0) is 9.30. The molecule has 0 radical (unpaired) electrons. The van der Waals surface area contributed by atoms with Crippen molar-refractivity contribution >= 4 is 43.9 Å². The molecule has 0 aromatic heterocycles. The summed E-state index contributed by atoms with van der Waals surface area (Å²) in [5.41, 5.74) is 0.111. The quantitative estimate of drug-likeness (QED) is 0.546. The van der Waals surface area contributed by atoms with E-state index in [0.717, 1.165) is 0 Å². The maximum Gasteiger partial charge on any atom is 0.337 e. The van der Waals surface area contributed by atoms with Gasteiger partial charge < -0.3 is 5.11 Å². The van der Waals surface area contributed by atoms with E-state index in [1.54, 1.807) is 12.1 Å². The number of carboxylic acids is 1. The summed E-state index contributed by atoms with van der Waals surface area (Å²) in [4.78, 5) is 12.0. The van der Waals surface area contributed by atoms with Crippen LogP contribution in [0.15, 0.2) is 26.8 Å². The van der Waals surface area contributed by atoms with Crippen molar-refractivity contribution in [2.45, 2.75) is 14.7 Å². The number of rotatable bonds is 1. The molecule has 1 aromatic rings. The number of hydrogen-bond donors (Lipinski definition) is 4. The molecule has 0 fully saturated rings. The third-order valence-corrected chi connectivity index (χ3v) is 2.26. The van der Waals surface area contributed by atoms with Gasteiger partial charge in [-0.1, -0.05) is 0 Å². The highest BCUT2D eigenvalue weighted by molar-refractivity contribution is 7.82.